The number of likely N-dealkylation sites (tertiary alicyclic amines) is 1. The Morgan fingerprint density at radius 2 is 1.68 bits per heavy atom. The van der Waals surface area contributed by atoms with Crippen LogP contribution in [0.3, 0.4) is 0 Å². The van der Waals surface area contributed by atoms with E-state index < -0.39 is 16.1 Å². The molecule has 1 aliphatic rings. The third-order valence-corrected chi connectivity index (χ3v) is 6.96. The number of piperidine rings is 1. The summed E-state index contributed by atoms with van der Waals surface area (Å²) in [6.07, 6.45) is 2.81. The van der Waals surface area contributed by atoms with E-state index in [1.54, 1.807) is 61.7 Å². The van der Waals surface area contributed by atoms with E-state index in [0.29, 0.717) is 18.0 Å². The normalized spacial score (nSPS) is 16.5. The van der Waals surface area contributed by atoms with Crippen LogP contribution in [0.15, 0.2) is 59.5 Å². The SMILES string of the molecule is COc1ccc(N(C[C@@H](O)C[NH+]2CCCCC2)S(=O)(=O)c2ccccc2)cc1. The van der Waals surface area contributed by atoms with E-state index in [0.717, 1.165) is 25.9 Å². The third kappa shape index (κ3) is 5.04. The molecule has 3 rings (SSSR count). The fraction of sp³-hybridized carbons (Fsp3) is 0.429. The Morgan fingerprint density at radius 1 is 1.04 bits per heavy atom. The number of quaternary nitrogens is 1. The maximum atomic E-state index is 13.3. The maximum Gasteiger partial charge on any atom is 0.264 e. The molecule has 7 heteroatoms. The van der Waals surface area contributed by atoms with Crippen LogP contribution in [0.25, 0.3) is 0 Å². The topological polar surface area (TPSA) is 71.3 Å². The van der Waals surface area contributed by atoms with E-state index in [9.17, 15) is 13.5 Å². The standard InChI is InChI=1S/C21H28N2O4S/c1-27-20-12-10-18(11-13-20)23(28(25,26)21-8-4-2-5-9-21)17-19(24)16-22-14-6-3-7-15-22/h2,4-5,8-13,19,24H,3,6-7,14-17H2,1H3/p+1/t19-/m0/s1. The lowest BCUT2D eigenvalue weighted by atomic mass is 10.1. The van der Waals surface area contributed by atoms with Crippen LogP contribution in [-0.2, 0) is 10.0 Å². The fourth-order valence-electron chi connectivity index (χ4n) is 3.66. The van der Waals surface area contributed by atoms with Gasteiger partial charge in [0.2, 0.25) is 0 Å². The van der Waals surface area contributed by atoms with Gasteiger partial charge in [-0.1, -0.05) is 18.2 Å². The van der Waals surface area contributed by atoms with Crippen LogP contribution in [0.1, 0.15) is 19.3 Å². The van der Waals surface area contributed by atoms with Crippen molar-refractivity contribution < 1.29 is 23.2 Å². The molecular weight excluding hydrogens is 376 g/mol. The lowest BCUT2D eigenvalue weighted by Crippen LogP contribution is -3.14. The molecule has 1 aliphatic heterocycles. The van der Waals surface area contributed by atoms with Crippen molar-refractivity contribution in [3.63, 3.8) is 0 Å². The van der Waals surface area contributed by atoms with Crippen molar-refractivity contribution >= 4 is 15.7 Å². The predicted molar refractivity (Wildman–Crippen MR) is 109 cm³/mol. The molecule has 2 aromatic carbocycles. The van der Waals surface area contributed by atoms with Crippen LogP contribution in [0, 0.1) is 0 Å². The summed E-state index contributed by atoms with van der Waals surface area (Å²) in [7, 11) is -2.22. The minimum absolute atomic E-state index is 0.0209. The Bertz CT molecular complexity index is 834. The second-order valence-electron chi connectivity index (χ2n) is 7.22. The van der Waals surface area contributed by atoms with Gasteiger partial charge in [0.05, 0.1) is 37.3 Å². The van der Waals surface area contributed by atoms with E-state index in [4.69, 9.17) is 4.74 Å². The van der Waals surface area contributed by atoms with E-state index >= 15 is 0 Å². The van der Waals surface area contributed by atoms with Crippen molar-refractivity contribution in [2.24, 2.45) is 0 Å². The molecule has 0 bridgehead atoms. The molecular formula is C21H29N2O4S+. The maximum absolute atomic E-state index is 13.3. The number of nitrogens with zero attached hydrogens (tertiary/aromatic N) is 1. The Balaban J connectivity index is 1.85. The predicted octanol–water partition coefficient (Wildman–Crippen LogP) is 1.32. The van der Waals surface area contributed by atoms with Crippen LogP contribution in [0.5, 0.6) is 5.75 Å². The number of aliphatic hydroxyl groups excluding tert-OH is 1. The number of rotatable bonds is 8. The summed E-state index contributed by atoms with van der Waals surface area (Å²) in [6, 6.07) is 15.2. The van der Waals surface area contributed by atoms with Gasteiger partial charge in [0.25, 0.3) is 10.0 Å². The summed E-state index contributed by atoms with van der Waals surface area (Å²) in [5.41, 5.74) is 0.511. The highest BCUT2D eigenvalue weighted by Crippen LogP contribution is 2.26. The number of ether oxygens (including phenoxy) is 1. The monoisotopic (exact) mass is 405 g/mol. The molecule has 0 aromatic heterocycles. The Hall–Kier alpha value is -2.09. The van der Waals surface area contributed by atoms with Gasteiger partial charge in [-0.2, -0.15) is 0 Å². The van der Waals surface area contributed by atoms with E-state index in [-0.39, 0.29) is 11.4 Å². The minimum atomic E-state index is -3.79. The van der Waals surface area contributed by atoms with Crippen LogP contribution >= 0.6 is 0 Å². The molecule has 0 radical (unpaired) electrons. The lowest BCUT2D eigenvalue weighted by Gasteiger charge is -2.30. The second kappa shape index (κ2) is 9.41. The first-order valence-corrected chi connectivity index (χ1v) is 11.2. The van der Waals surface area contributed by atoms with Crippen molar-refractivity contribution in [2.45, 2.75) is 30.3 Å². The smallest absolute Gasteiger partial charge is 0.264 e. The molecule has 1 heterocycles. The van der Waals surface area contributed by atoms with Gasteiger partial charge in [-0.25, -0.2) is 8.42 Å². The number of anilines is 1. The number of nitrogens with one attached hydrogen (secondary N) is 1. The van der Waals surface area contributed by atoms with E-state index in [2.05, 4.69) is 0 Å². The van der Waals surface area contributed by atoms with Crippen molar-refractivity contribution in [3.8, 4) is 5.75 Å². The van der Waals surface area contributed by atoms with Gasteiger partial charge in [0, 0.05) is 0 Å². The summed E-state index contributed by atoms with van der Waals surface area (Å²) in [5, 5.41) is 10.7. The molecule has 2 N–H and O–H groups in total. The van der Waals surface area contributed by atoms with Crippen molar-refractivity contribution in [1.29, 1.82) is 0 Å². The van der Waals surface area contributed by atoms with Crippen LogP contribution in [0.2, 0.25) is 0 Å². The van der Waals surface area contributed by atoms with Gasteiger partial charge in [-0.05, 0) is 55.7 Å². The number of aliphatic hydroxyl groups is 1. The largest absolute Gasteiger partial charge is 0.497 e. The van der Waals surface area contributed by atoms with Gasteiger partial charge < -0.3 is 14.7 Å². The summed E-state index contributed by atoms with van der Waals surface area (Å²) < 4.78 is 33.1. The number of hydrogen-bond donors (Lipinski definition) is 2. The molecule has 28 heavy (non-hydrogen) atoms. The molecule has 1 saturated heterocycles. The molecule has 0 amide bonds. The summed E-state index contributed by atoms with van der Waals surface area (Å²) in [5.74, 6) is 0.652. The molecule has 6 nitrogen and oxygen atoms in total. The molecule has 152 valence electrons. The summed E-state index contributed by atoms with van der Waals surface area (Å²) in [6.45, 7) is 2.64. The molecule has 2 aromatic rings. The zero-order valence-electron chi connectivity index (χ0n) is 16.3. The number of hydrogen-bond acceptors (Lipinski definition) is 4. The van der Waals surface area contributed by atoms with Gasteiger partial charge in [0.15, 0.2) is 0 Å². The van der Waals surface area contributed by atoms with Crippen LogP contribution in [0.4, 0.5) is 5.69 Å². The number of benzene rings is 2. The highest BCUT2D eigenvalue weighted by Gasteiger charge is 2.29. The van der Waals surface area contributed by atoms with Gasteiger partial charge in [-0.15, -0.1) is 0 Å². The highest BCUT2D eigenvalue weighted by molar-refractivity contribution is 7.92. The first-order chi connectivity index (χ1) is 13.5. The van der Waals surface area contributed by atoms with Crippen molar-refractivity contribution in [3.05, 3.63) is 54.6 Å². The molecule has 0 saturated carbocycles. The van der Waals surface area contributed by atoms with Crippen molar-refractivity contribution in [1.82, 2.24) is 0 Å². The Morgan fingerprint density at radius 3 is 2.29 bits per heavy atom. The average Bonchev–Trinajstić information content (AvgIpc) is 2.73. The van der Waals surface area contributed by atoms with Gasteiger partial charge in [0.1, 0.15) is 18.4 Å². The zero-order chi connectivity index (χ0) is 20.0. The first-order valence-electron chi connectivity index (χ1n) is 9.74. The van der Waals surface area contributed by atoms with Crippen LogP contribution in [-0.4, -0.2) is 52.9 Å². The lowest BCUT2D eigenvalue weighted by molar-refractivity contribution is -0.907. The third-order valence-electron chi connectivity index (χ3n) is 5.15. The first kappa shape index (κ1) is 20.6. The Kier molecular flexibility index (Phi) is 6.93. The molecule has 0 spiro atoms. The molecule has 0 aliphatic carbocycles. The zero-order valence-corrected chi connectivity index (χ0v) is 17.1. The molecule has 0 unspecified atom stereocenters. The number of sulfonamides is 1. The Labute approximate surface area is 167 Å². The van der Waals surface area contributed by atoms with Crippen LogP contribution < -0.4 is 13.9 Å². The second-order valence-corrected chi connectivity index (χ2v) is 9.08. The molecule has 1 fully saturated rings. The average molecular weight is 406 g/mol. The number of methoxy groups -OCH3 is 1. The fourth-order valence-corrected chi connectivity index (χ4v) is 5.18. The summed E-state index contributed by atoms with van der Waals surface area (Å²) >= 11 is 0. The highest BCUT2D eigenvalue weighted by atomic mass is 32.2. The van der Waals surface area contributed by atoms with E-state index in [1.165, 1.54) is 15.6 Å². The van der Waals surface area contributed by atoms with Crippen molar-refractivity contribution in [2.75, 3.05) is 37.6 Å². The molecule has 1 atom stereocenters. The summed E-state index contributed by atoms with van der Waals surface area (Å²) in [4.78, 5) is 1.55. The van der Waals surface area contributed by atoms with Gasteiger partial charge >= 0.3 is 0 Å². The van der Waals surface area contributed by atoms with E-state index in [1.807, 2.05) is 0 Å². The minimum Gasteiger partial charge on any atom is -0.497 e. The van der Waals surface area contributed by atoms with Gasteiger partial charge in [-0.3, -0.25) is 4.31 Å². The quantitative estimate of drug-likeness (QED) is 0.695.